The Morgan fingerprint density at radius 3 is 2.62 bits per heavy atom. The Morgan fingerprint density at radius 2 is 1.79 bits per heavy atom. The van der Waals surface area contributed by atoms with E-state index in [0.717, 1.165) is 16.6 Å². The number of anilines is 2. The van der Waals surface area contributed by atoms with Crippen LogP contribution in [0.25, 0.3) is 10.8 Å². The monoisotopic (exact) mass is 423 g/mol. The molecule has 29 heavy (non-hydrogen) atoms. The van der Waals surface area contributed by atoms with Gasteiger partial charge in [-0.3, -0.25) is 9.71 Å². The maximum Gasteiger partial charge on any atom is 0.262 e. The Morgan fingerprint density at radius 1 is 1.00 bits per heavy atom. The van der Waals surface area contributed by atoms with Crippen molar-refractivity contribution in [1.82, 2.24) is 0 Å². The van der Waals surface area contributed by atoms with E-state index in [1.54, 1.807) is 42.7 Å². The van der Waals surface area contributed by atoms with Crippen LogP contribution >= 0.6 is 11.6 Å². The van der Waals surface area contributed by atoms with E-state index in [1.807, 2.05) is 54.6 Å². The van der Waals surface area contributed by atoms with Gasteiger partial charge in [0.15, 0.2) is 0 Å². The zero-order valence-electron chi connectivity index (χ0n) is 15.6. The fraction of sp³-hybridized carbons (Fsp3) is 0.0455. The second-order valence-electron chi connectivity index (χ2n) is 6.56. The molecular formula is C22H18ClN3O2S. The molecule has 1 heterocycles. The highest BCUT2D eigenvalue weighted by Gasteiger charge is 2.21. The molecule has 0 radical (unpaired) electrons. The number of rotatable bonds is 4. The van der Waals surface area contributed by atoms with E-state index in [-0.39, 0.29) is 4.90 Å². The molecule has 0 amide bonds. The number of aliphatic imine (C=N–C) groups is 1. The summed E-state index contributed by atoms with van der Waals surface area (Å²) < 4.78 is 29.0. The number of nitrogens with zero attached hydrogens (tertiary/aromatic N) is 2. The fourth-order valence-corrected chi connectivity index (χ4v) is 4.69. The van der Waals surface area contributed by atoms with Crippen LogP contribution in [-0.4, -0.2) is 14.6 Å². The third kappa shape index (κ3) is 3.90. The summed E-state index contributed by atoms with van der Waals surface area (Å²) in [4.78, 5) is 6.18. The van der Waals surface area contributed by atoms with Gasteiger partial charge in [0.05, 0.1) is 21.3 Å². The zero-order chi connectivity index (χ0) is 20.4. The predicted molar refractivity (Wildman–Crippen MR) is 120 cm³/mol. The van der Waals surface area contributed by atoms with Crippen LogP contribution in [0, 0.1) is 6.92 Å². The summed E-state index contributed by atoms with van der Waals surface area (Å²) in [5.41, 5.74) is 2.12. The average Bonchev–Trinajstić information content (AvgIpc) is 2.99. The maximum absolute atomic E-state index is 13.2. The molecule has 0 spiro atoms. The van der Waals surface area contributed by atoms with Crippen molar-refractivity contribution in [1.29, 1.82) is 0 Å². The number of benzene rings is 3. The Bertz CT molecular complexity index is 1260. The molecule has 4 rings (SSSR count). The first-order valence-electron chi connectivity index (χ1n) is 8.91. The van der Waals surface area contributed by atoms with Crippen molar-refractivity contribution in [3.05, 3.63) is 89.9 Å². The number of nitrogens with one attached hydrogen (secondary N) is 1. The minimum atomic E-state index is -3.85. The number of fused-ring (bicyclic) bond motifs is 1. The summed E-state index contributed by atoms with van der Waals surface area (Å²) in [6.45, 7) is 1.88. The van der Waals surface area contributed by atoms with Crippen molar-refractivity contribution in [2.24, 2.45) is 4.99 Å². The smallest absolute Gasteiger partial charge is 0.262 e. The van der Waals surface area contributed by atoms with E-state index in [2.05, 4.69) is 9.71 Å². The number of sulfonamides is 1. The first-order chi connectivity index (χ1) is 14.0. The highest BCUT2D eigenvalue weighted by atomic mass is 35.5. The first-order valence-corrected chi connectivity index (χ1v) is 10.8. The lowest BCUT2D eigenvalue weighted by Crippen LogP contribution is -2.15. The molecule has 0 atom stereocenters. The van der Waals surface area contributed by atoms with Crippen molar-refractivity contribution >= 4 is 50.0 Å². The molecule has 146 valence electrons. The third-order valence-corrected chi connectivity index (χ3v) is 6.28. The van der Waals surface area contributed by atoms with Crippen LogP contribution in [0.1, 0.15) is 5.56 Å². The normalized spacial score (nSPS) is 13.7. The number of aryl methyl sites for hydroxylation is 1. The summed E-state index contributed by atoms with van der Waals surface area (Å²) >= 11 is 6.19. The van der Waals surface area contributed by atoms with Crippen molar-refractivity contribution in [2.45, 2.75) is 11.8 Å². The lowest BCUT2D eigenvalue weighted by Gasteiger charge is -2.19. The molecule has 0 aliphatic carbocycles. The number of halogens is 1. The molecule has 5 nitrogen and oxygen atoms in total. The van der Waals surface area contributed by atoms with Crippen LogP contribution in [-0.2, 0) is 10.0 Å². The molecule has 0 aromatic heterocycles. The van der Waals surface area contributed by atoms with Gasteiger partial charge in [0, 0.05) is 35.6 Å². The van der Waals surface area contributed by atoms with E-state index in [0.29, 0.717) is 16.1 Å². The zero-order valence-corrected chi connectivity index (χ0v) is 17.2. The van der Waals surface area contributed by atoms with Gasteiger partial charge < -0.3 is 4.90 Å². The number of allylic oxidation sites excluding steroid dienone is 1. The summed E-state index contributed by atoms with van der Waals surface area (Å²) in [7, 11) is -3.85. The van der Waals surface area contributed by atoms with E-state index < -0.39 is 10.0 Å². The fourth-order valence-electron chi connectivity index (χ4n) is 3.18. The van der Waals surface area contributed by atoms with Crippen LogP contribution in [0.3, 0.4) is 0 Å². The summed E-state index contributed by atoms with van der Waals surface area (Å²) in [6, 6.07) is 16.0. The maximum atomic E-state index is 13.2. The van der Waals surface area contributed by atoms with Gasteiger partial charge in [-0.05, 0) is 42.8 Å². The molecule has 7 heteroatoms. The number of hydrogen-bond donors (Lipinski definition) is 1. The summed E-state index contributed by atoms with van der Waals surface area (Å²) in [5, 5.41) is 1.77. The number of hydrogen-bond acceptors (Lipinski definition) is 4. The van der Waals surface area contributed by atoms with Gasteiger partial charge >= 0.3 is 0 Å². The van der Waals surface area contributed by atoms with Crippen LogP contribution < -0.4 is 9.62 Å². The largest absolute Gasteiger partial charge is 0.322 e. The minimum Gasteiger partial charge on any atom is -0.322 e. The standard InChI is InChI=1S/C22H18ClN3O2S/c1-16-7-8-19(23)20(15-16)25-29(27,28)22-10-9-21(17-5-2-3-6-18(17)22)26-13-4-11-24-12-14-26/h2-15,25H,1H3. The molecule has 1 aliphatic heterocycles. The molecule has 0 unspecified atom stereocenters. The van der Waals surface area contributed by atoms with Crippen LogP contribution in [0.4, 0.5) is 11.4 Å². The molecule has 1 aliphatic rings. The van der Waals surface area contributed by atoms with Gasteiger partial charge in [0.2, 0.25) is 0 Å². The van der Waals surface area contributed by atoms with E-state index in [4.69, 9.17) is 11.6 Å². The lowest BCUT2D eigenvalue weighted by molar-refractivity contribution is 0.602. The van der Waals surface area contributed by atoms with Crippen molar-refractivity contribution in [3.8, 4) is 0 Å². The molecule has 0 fully saturated rings. The highest BCUT2D eigenvalue weighted by Crippen LogP contribution is 2.34. The molecule has 0 bridgehead atoms. The molecule has 3 aromatic carbocycles. The minimum absolute atomic E-state index is 0.188. The average molecular weight is 424 g/mol. The summed E-state index contributed by atoms with van der Waals surface area (Å²) in [6.07, 6.45) is 8.88. The van der Waals surface area contributed by atoms with Gasteiger partial charge in [-0.15, -0.1) is 0 Å². The SMILES string of the molecule is Cc1ccc(Cl)c(NS(=O)(=O)c2ccc(N3C=CC=NC=C3)c3ccccc23)c1. The van der Waals surface area contributed by atoms with E-state index in [1.165, 1.54) is 0 Å². The highest BCUT2D eigenvalue weighted by molar-refractivity contribution is 7.93. The second-order valence-corrected chi connectivity index (χ2v) is 8.62. The molecule has 1 N–H and O–H groups in total. The van der Waals surface area contributed by atoms with Gasteiger partial charge in [0.25, 0.3) is 10.0 Å². The topological polar surface area (TPSA) is 61.8 Å². The van der Waals surface area contributed by atoms with Crippen molar-refractivity contribution in [3.63, 3.8) is 0 Å². The molecular weight excluding hydrogens is 406 g/mol. The Kier molecular flexibility index (Phi) is 5.13. The van der Waals surface area contributed by atoms with Crippen LogP contribution in [0.5, 0.6) is 0 Å². The van der Waals surface area contributed by atoms with Gasteiger partial charge in [-0.25, -0.2) is 8.42 Å². The summed E-state index contributed by atoms with van der Waals surface area (Å²) in [5.74, 6) is 0. The van der Waals surface area contributed by atoms with E-state index >= 15 is 0 Å². The van der Waals surface area contributed by atoms with Crippen molar-refractivity contribution < 1.29 is 8.42 Å². The third-order valence-electron chi connectivity index (χ3n) is 4.53. The van der Waals surface area contributed by atoms with Crippen LogP contribution in [0.2, 0.25) is 5.02 Å². The first kappa shape index (κ1) is 19.2. The molecule has 0 saturated heterocycles. The van der Waals surface area contributed by atoms with Crippen LogP contribution in [0.15, 0.2) is 89.2 Å². The second kappa shape index (κ2) is 7.73. The van der Waals surface area contributed by atoms with Gasteiger partial charge in [-0.2, -0.15) is 0 Å². The quantitative estimate of drug-likeness (QED) is 0.604. The van der Waals surface area contributed by atoms with Gasteiger partial charge in [-0.1, -0.05) is 41.9 Å². The molecule has 3 aromatic rings. The van der Waals surface area contributed by atoms with Crippen molar-refractivity contribution in [2.75, 3.05) is 9.62 Å². The lowest BCUT2D eigenvalue weighted by atomic mass is 10.1. The Labute approximate surface area is 174 Å². The Balaban J connectivity index is 1.82. The Hall–Kier alpha value is -3.09. The van der Waals surface area contributed by atoms with Gasteiger partial charge in [0.1, 0.15) is 0 Å². The predicted octanol–water partition coefficient (Wildman–Crippen LogP) is 5.48. The van der Waals surface area contributed by atoms with E-state index in [9.17, 15) is 8.42 Å². The molecule has 0 saturated carbocycles.